The van der Waals surface area contributed by atoms with Crippen molar-refractivity contribution in [2.75, 3.05) is 19.0 Å². The van der Waals surface area contributed by atoms with Gasteiger partial charge in [-0.25, -0.2) is 9.78 Å². The van der Waals surface area contributed by atoms with Crippen LogP contribution >= 0.6 is 11.6 Å². The van der Waals surface area contributed by atoms with E-state index in [4.69, 9.17) is 16.3 Å². The average Bonchev–Trinajstić information content (AvgIpc) is 2.80. The van der Waals surface area contributed by atoms with Gasteiger partial charge < -0.3 is 20.5 Å². The molecule has 166 valence electrons. The third-order valence-electron chi connectivity index (χ3n) is 4.67. The van der Waals surface area contributed by atoms with Gasteiger partial charge in [-0.15, -0.1) is 0 Å². The molecule has 0 bridgehead atoms. The van der Waals surface area contributed by atoms with E-state index in [1.54, 1.807) is 24.3 Å². The second-order valence-electron chi connectivity index (χ2n) is 6.93. The Morgan fingerprint density at radius 1 is 1.16 bits per heavy atom. The first-order valence-electron chi connectivity index (χ1n) is 9.95. The lowest BCUT2D eigenvalue weighted by molar-refractivity contribution is -0.139. The van der Waals surface area contributed by atoms with Crippen LogP contribution in [-0.2, 0) is 17.6 Å². The van der Waals surface area contributed by atoms with E-state index in [2.05, 4.69) is 20.6 Å². The highest BCUT2D eigenvalue weighted by molar-refractivity contribution is 6.33. The molecule has 2 aromatic heterocycles. The molecule has 1 atom stereocenters. The number of amides is 1. The lowest BCUT2D eigenvalue weighted by Crippen LogP contribution is -2.42. The Balaban J connectivity index is 1.55. The second kappa shape index (κ2) is 11.1. The molecule has 0 spiro atoms. The summed E-state index contributed by atoms with van der Waals surface area (Å²) in [6.07, 6.45) is 3.52. The van der Waals surface area contributed by atoms with Crippen LogP contribution in [0.25, 0.3) is 0 Å². The van der Waals surface area contributed by atoms with Gasteiger partial charge in [-0.2, -0.15) is 0 Å². The number of pyridine rings is 2. The summed E-state index contributed by atoms with van der Waals surface area (Å²) in [7, 11) is 1.82. The lowest BCUT2D eigenvalue weighted by atomic mass is 10.1. The largest absolute Gasteiger partial charge is 0.493 e. The summed E-state index contributed by atoms with van der Waals surface area (Å²) >= 11 is 5.99. The molecular weight excluding hydrogens is 432 g/mol. The summed E-state index contributed by atoms with van der Waals surface area (Å²) in [6.45, 7) is 0.458. The monoisotopic (exact) mass is 454 g/mol. The molecule has 3 N–H and O–H groups in total. The van der Waals surface area contributed by atoms with E-state index in [1.807, 2.05) is 25.2 Å². The van der Waals surface area contributed by atoms with Crippen molar-refractivity contribution < 1.29 is 19.4 Å². The maximum Gasteiger partial charge on any atom is 0.326 e. The standard InChI is InChI=1S/C23H23ClN4O4/c1-25-21-4-2-3-16(27-21)10-12-32-17-7-5-15(6-8-17)13-20(23(30)31)28-22(29)18-14-26-11-9-19(18)24/h2-9,11,14,20H,10,12-13H2,1H3,(H,25,27)(H,28,29)(H,30,31)/t20-/m0/s1. The molecule has 32 heavy (non-hydrogen) atoms. The van der Waals surface area contributed by atoms with E-state index in [1.165, 1.54) is 18.5 Å². The summed E-state index contributed by atoms with van der Waals surface area (Å²) in [4.78, 5) is 32.3. The van der Waals surface area contributed by atoms with Crippen molar-refractivity contribution in [3.05, 3.63) is 82.8 Å². The fourth-order valence-electron chi connectivity index (χ4n) is 2.97. The molecule has 1 amide bonds. The molecule has 0 aliphatic rings. The van der Waals surface area contributed by atoms with Crippen LogP contribution in [0.2, 0.25) is 5.02 Å². The van der Waals surface area contributed by atoms with E-state index in [-0.39, 0.29) is 17.0 Å². The number of benzene rings is 1. The molecule has 0 aliphatic heterocycles. The lowest BCUT2D eigenvalue weighted by Gasteiger charge is -2.15. The number of carbonyl (C=O) groups excluding carboxylic acids is 1. The molecule has 0 aliphatic carbocycles. The SMILES string of the molecule is CNc1cccc(CCOc2ccc(C[C@H](NC(=O)c3cnccc3Cl)C(=O)O)cc2)n1. The Hall–Kier alpha value is -3.65. The van der Waals surface area contributed by atoms with Gasteiger partial charge in [0.2, 0.25) is 0 Å². The van der Waals surface area contributed by atoms with Crippen LogP contribution in [0.1, 0.15) is 21.6 Å². The predicted molar refractivity (Wildman–Crippen MR) is 121 cm³/mol. The Kier molecular flexibility index (Phi) is 7.99. The van der Waals surface area contributed by atoms with Gasteiger partial charge in [-0.3, -0.25) is 9.78 Å². The maximum atomic E-state index is 12.4. The third-order valence-corrected chi connectivity index (χ3v) is 5.00. The van der Waals surface area contributed by atoms with Crippen LogP contribution in [0, 0.1) is 0 Å². The van der Waals surface area contributed by atoms with E-state index in [9.17, 15) is 14.7 Å². The molecule has 9 heteroatoms. The van der Waals surface area contributed by atoms with Gasteiger partial charge in [0.05, 0.1) is 17.2 Å². The molecule has 8 nitrogen and oxygen atoms in total. The summed E-state index contributed by atoms with van der Waals surface area (Å²) < 4.78 is 5.76. The van der Waals surface area contributed by atoms with Crippen molar-refractivity contribution in [1.29, 1.82) is 0 Å². The van der Waals surface area contributed by atoms with Crippen LogP contribution in [-0.4, -0.2) is 46.6 Å². The smallest absolute Gasteiger partial charge is 0.326 e. The van der Waals surface area contributed by atoms with Crippen molar-refractivity contribution in [2.24, 2.45) is 0 Å². The molecule has 0 fully saturated rings. The number of halogens is 1. The van der Waals surface area contributed by atoms with Crippen LogP contribution in [0.4, 0.5) is 5.82 Å². The van der Waals surface area contributed by atoms with Gasteiger partial charge in [0.25, 0.3) is 5.91 Å². The van der Waals surface area contributed by atoms with Crippen molar-refractivity contribution in [3.63, 3.8) is 0 Å². The minimum atomic E-state index is -1.14. The van der Waals surface area contributed by atoms with Gasteiger partial charge in [0, 0.05) is 38.0 Å². The van der Waals surface area contributed by atoms with Crippen LogP contribution in [0.15, 0.2) is 60.9 Å². The molecule has 0 unspecified atom stereocenters. The number of carboxylic acids is 1. The number of anilines is 1. The van der Waals surface area contributed by atoms with Gasteiger partial charge >= 0.3 is 5.97 Å². The number of aromatic nitrogens is 2. The number of ether oxygens (including phenoxy) is 1. The first-order valence-corrected chi connectivity index (χ1v) is 10.3. The van der Waals surface area contributed by atoms with Crippen molar-refractivity contribution >= 4 is 29.3 Å². The summed E-state index contributed by atoms with van der Waals surface area (Å²) in [6, 6.07) is 13.2. The number of carboxylic acid groups (broad SMARTS) is 1. The Bertz CT molecular complexity index is 1080. The van der Waals surface area contributed by atoms with Crippen LogP contribution in [0.3, 0.4) is 0 Å². The van der Waals surface area contributed by atoms with E-state index >= 15 is 0 Å². The normalized spacial score (nSPS) is 11.4. The fourth-order valence-corrected chi connectivity index (χ4v) is 3.16. The number of rotatable bonds is 10. The number of nitrogens with one attached hydrogen (secondary N) is 2. The molecule has 2 heterocycles. The molecule has 3 aromatic rings. The third kappa shape index (κ3) is 6.42. The first-order chi connectivity index (χ1) is 15.5. The summed E-state index contributed by atoms with van der Waals surface area (Å²) in [5.74, 6) is -0.268. The van der Waals surface area contributed by atoms with Crippen molar-refractivity contribution in [2.45, 2.75) is 18.9 Å². The number of hydrogen-bond acceptors (Lipinski definition) is 6. The molecule has 3 rings (SSSR count). The molecule has 0 saturated carbocycles. The summed E-state index contributed by atoms with van der Waals surface area (Å²) in [5.41, 5.74) is 1.78. The van der Waals surface area contributed by atoms with Gasteiger partial charge in [0.1, 0.15) is 17.6 Å². The number of nitrogens with zero attached hydrogens (tertiary/aromatic N) is 2. The number of hydrogen-bond donors (Lipinski definition) is 3. The highest BCUT2D eigenvalue weighted by Gasteiger charge is 2.22. The Morgan fingerprint density at radius 3 is 2.62 bits per heavy atom. The average molecular weight is 455 g/mol. The maximum absolute atomic E-state index is 12.4. The van der Waals surface area contributed by atoms with E-state index in [0.29, 0.717) is 18.8 Å². The quantitative estimate of drug-likeness (QED) is 0.431. The molecule has 0 saturated heterocycles. The highest BCUT2D eigenvalue weighted by atomic mass is 35.5. The van der Waals surface area contributed by atoms with E-state index < -0.39 is 17.9 Å². The van der Waals surface area contributed by atoms with E-state index in [0.717, 1.165) is 17.1 Å². The van der Waals surface area contributed by atoms with Crippen molar-refractivity contribution in [3.8, 4) is 5.75 Å². The minimum Gasteiger partial charge on any atom is -0.493 e. The molecule has 0 radical (unpaired) electrons. The topological polar surface area (TPSA) is 113 Å². The first kappa shape index (κ1) is 23.0. The Labute approximate surface area is 190 Å². The number of aliphatic carboxylic acids is 1. The Morgan fingerprint density at radius 2 is 1.94 bits per heavy atom. The molecular formula is C23H23ClN4O4. The zero-order valence-corrected chi connectivity index (χ0v) is 18.2. The van der Waals surface area contributed by atoms with Gasteiger partial charge in [-0.1, -0.05) is 29.8 Å². The van der Waals surface area contributed by atoms with Gasteiger partial charge in [0.15, 0.2) is 0 Å². The van der Waals surface area contributed by atoms with Crippen LogP contribution < -0.4 is 15.4 Å². The predicted octanol–water partition coefficient (Wildman–Crippen LogP) is 3.22. The minimum absolute atomic E-state index is 0.111. The van der Waals surface area contributed by atoms with Crippen molar-refractivity contribution in [1.82, 2.24) is 15.3 Å². The number of carbonyl (C=O) groups is 2. The highest BCUT2D eigenvalue weighted by Crippen LogP contribution is 2.16. The summed E-state index contributed by atoms with van der Waals surface area (Å²) in [5, 5.41) is 15.2. The fraction of sp³-hybridized carbons (Fsp3) is 0.217. The van der Waals surface area contributed by atoms with Gasteiger partial charge in [-0.05, 0) is 35.9 Å². The van der Waals surface area contributed by atoms with Crippen LogP contribution in [0.5, 0.6) is 5.75 Å². The molecule has 1 aromatic carbocycles. The zero-order chi connectivity index (χ0) is 22.9. The zero-order valence-electron chi connectivity index (χ0n) is 17.4. The second-order valence-corrected chi connectivity index (χ2v) is 7.34.